The van der Waals surface area contributed by atoms with E-state index in [2.05, 4.69) is 4.98 Å². The molecule has 0 bridgehead atoms. The van der Waals surface area contributed by atoms with Gasteiger partial charge in [0.25, 0.3) is 5.56 Å². The maximum atomic E-state index is 13.8. The topological polar surface area (TPSA) is 90.4 Å². The Morgan fingerprint density at radius 1 is 0.789 bits per heavy atom. The van der Waals surface area contributed by atoms with E-state index >= 15 is 0 Å². The van der Waals surface area contributed by atoms with E-state index in [1.54, 1.807) is 6.92 Å². The highest BCUT2D eigenvalue weighted by atomic mass is 32.2. The Morgan fingerprint density at radius 3 is 1.76 bits per heavy atom. The Labute approximate surface area is 227 Å². The first-order valence-corrected chi connectivity index (χ1v) is 15.0. The average Bonchev–Trinajstić information content (AvgIpc) is 2.96. The summed E-state index contributed by atoms with van der Waals surface area (Å²) in [4.78, 5) is 28.4. The van der Waals surface area contributed by atoms with Gasteiger partial charge in [0.2, 0.25) is 0 Å². The van der Waals surface area contributed by atoms with Crippen molar-refractivity contribution in [3.8, 4) is 0 Å². The molecule has 0 amide bonds. The predicted octanol–water partition coefficient (Wildman–Crippen LogP) is 6.65. The SMILES string of the molecule is CC.Cc1c(Sc2ccccc2)n(CCP(=O)(OCc2ccccc2)OCc2ccccc2)c(=O)[nH]c1=O. The summed E-state index contributed by atoms with van der Waals surface area (Å²) in [6.45, 7) is 5.93. The molecule has 38 heavy (non-hydrogen) atoms. The minimum absolute atomic E-state index is 0.0413. The van der Waals surface area contributed by atoms with Crippen molar-refractivity contribution in [2.24, 2.45) is 0 Å². The van der Waals surface area contributed by atoms with Crippen molar-refractivity contribution in [3.05, 3.63) is 129 Å². The summed E-state index contributed by atoms with van der Waals surface area (Å²) in [5, 5.41) is 0.493. The molecule has 0 radical (unpaired) electrons. The van der Waals surface area contributed by atoms with E-state index in [1.165, 1.54) is 16.3 Å². The first kappa shape index (κ1) is 29.4. The summed E-state index contributed by atoms with van der Waals surface area (Å²) in [6, 6.07) is 28.3. The lowest BCUT2D eigenvalue weighted by molar-refractivity contribution is 0.190. The molecular formula is C29H33N2O5PS. The summed E-state index contributed by atoms with van der Waals surface area (Å²) in [5.74, 6) is 0. The third-order valence-electron chi connectivity index (χ3n) is 5.47. The molecule has 0 saturated heterocycles. The Hall–Kier alpha value is -3.16. The molecule has 0 unspecified atom stereocenters. The highest BCUT2D eigenvalue weighted by molar-refractivity contribution is 7.99. The lowest BCUT2D eigenvalue weighted by Gasteiger charge is -2.21. The van der Waals surface area contributed by atoms with Crippen LogP contribution >= 0.6 is 19.4 Å². The van der Waals surface area contributed by atoms with Crippen LogP contribution in [0, 0.1) is 6.92 Å². The number of nitrogens with one attached hydrogen (secondary N) is 1. The number of aromatic nitrogens is 2. The standard InChI is InChI=1S/C27H27N2O5PS.C2H6/c1-21-25(30)28-27(31)29(26(21)36-24-15-9-4-10-16-24)17-18-35(32,33-19-22-11-5-2-6-12-22)34-20-23-13-7-3-8-14-23;1-2/h2-16H,17-20H2,1H3,(H,28,30,31);1-2H3. The molecule has 200 valence electrons. The fourth-order valence-corrected chi connectivity index (χ4v) is 5.98. The van der Waals surface area contributed by atoms with Crippen LogP contribution in [0.5, 0.6) is 0 Å². The lowest BCUT2D eigenvalue weighted by atomic mass is 10.2. The van der Waals surface area contributed by atoms with E-state index in [0.717, 1.165) is 16.0 Å². The molecule has 0 atom stereocenters. The summed E-state index contributed by atoms with van der Waals surface area (Å²) in [6.07, 6.45) is -0.0413. The van der Waals surface area contributed by atoms with Crippen LogP contribution < -0.4 is 11.2 Å². The second-order valence-electron chi connectivity index (χ2n) is 8.11. The fraction of sp³-hybridized carbons (Fsp3) is 0.241. The maximum Gasteiger partial charge on any atom is 0.333 e. The van der Waals surface area contributed by atoms with E-state index in [-0.39, 0.29) is 25.9 Å². The van der Waals surface area contributed by atoms with Crippen LogP contribution in [0.2, 0.25) is 0 Å². The molecule has 4 rings (SSSR count). The molecular weight excluding hydrogens is 519 g/mol. The van der Waals surface area contributed by atoms with Crippen molar-refractivity contribution in [1.82, 2.24) is 9.55 Å². The van der Waals surface area contributed by atoms with Crippen LogP contribution in [0.3, 0.4) is 0 Å². The van der Waals surface area contributed by atoms with Gasteiger partial charge in [-0.05, 0) is 30.2 Å². The number of hydrogen-bond acceptors (Lipinski definition) is 6. The van der Waals surface area contributed by atoms with Crippen LogP contribution in [0.15, 0.2) is 111 Å². The second kappa shape index (κ2) is 14.7. The Balaban J connectivity index is 0.00000195. The Bertz CT molecular complexity index is 1390. The molecule has 1 aromatic heterocycles. The maximum absolute atomic E-state index is 13.8. The molecule has 4 aromatic rings. The first-order valence-electron chi connectivity index (χ1n) is 12.5. The first-order chi connectivity index (χ1) is 18.4. The van der Waals surface area contributed by atoms with Crippen molar-refractivity contribution in [3.63, 3.8) is 0 Å². The summed E-state index contributed by atoms with van der Waals surface area (Å²) < 4.78 is 27.0. The molecule has 0 aliphatic heterocycles. The number of H-pyrrole nitrogens is 1. The van der Waals surface area contributed by atoms with Crippen LogP contribution in [0.4, 0.5) is 0 Å². The molecule has 0 aliphatic carbocycles. The smallest absolute Gasteiger partial charge is 0.304 e. The molecule has 0 fully saturated rings. The van der Waals surface area contributed by atoms with Crippen molar-refractivity contribution >= 4 is 19.4 Å². The van der Waals surface area contributed by atoms with Gasteiger partial charge in [-0.3, -0.25) is 18.9 Å². The highest BCUT2D eigenvalue weighted by Crippen LogP contribution is 2.50. The molecule has 3 aromatic carbocycles. The Kier molecular flexibility index (Phi) is 11.4. The number of hydrogen-bond donors (Lipinski definition) is 1. The van der Waals surface area contributed by atoms with Gasteiger partial charge in [0.1, 0.15) is 0 Å². The van der Waals surface area contributed by atoms with E-state index in [1.807, 2.05) is 105 Å². The molecule has 1 heterocycles. The number of aromatic amines is 1. The van der Waals surface area contributed by atoms with E-state index in [0.29, 0.717) is 10.6 Å². The largest absolute Gasteiger partial charge is 0.333 e. The van der Waals surface area contributed by atoms with Gasteiger partial charge in [-0.2, -0.15) is 0 Å². The van der Waals surface area contributed by atoms with Gasteiger partial charge >= 0.3 is 13.3 Å². The number of nitrogens with zero attached hydrogens (tertiary/aromatic N) is 1. The molecule has 0 spiro atoms. The third kappa shape index (κ3) is 8.43. The number of rotatable bonds is 11. The Morgan fingerprint density at radius 2 is 1.26 bits per heavy atom. The molecule has 1 N–H and O–H groups in total. The van der Waals surface area contributed by atoms with Crippen LogP contribution in [0.1, 0.15) is 30.5 Å². The van der Waals surface area contributed by atoms with Crippen LogP contribution in [-0.4, -0.2) is 15.7 Å². The third-order valence-corrected chi connectivity index (χ3v) is 8.49. The van der Waals surface area contributed by atoms with Crippen molar-refractivity contribution < 1.29 is 13.6 Å². The van der Waals surface area contributed by atoms with Gasteiger partial charge in [-0.25, -0.2) is 4.79 Å². The monoisotopic (exact) mass is 552 g/mol. The van der Waals surface area contributed by atoms with Crippen molar-refractivity contribution in [1.29, 1.82) is 0 Å². The average molecular weight is 553 g/mol. The van der Waals surface area contributed by atoms with Gasteiger partial charge < -0.3 is 9.05 Å². The van der Waals surface area contributed by atoms with Crippen LogP contribution in [0.25, 0.3) is 0 Å². The second-order valence-corrected chi connectivity index (χ2v) is 11.4. The van der Waals surface area contributed by atoms with E-state index in [4.69, 9.17) is 9.05 Å². The molecule has 9 heteroatoms. The quantitative estimate of drug-likeness (QED) is 0.166. The normalized spacial score (nSPS) is 11.0. The van der Waals surface area contributed by atoms with Gasteiger partial charge in [0.15, 0.2) is 0 Å². The fourth-order valence-electron chi connectivity index (χ4n) is 3.47. The zero-order valence-corrected chi connectivity index (χ0v) is 23.5. The van der Waals surface area contributed by atoms with Gasteiger partial charge in [0.05, 0.1) is 24.4 Å². The van der Waals surface area contributed by atoms with Gasteiger partial charge in [-0.1, -0.05) is 104 Å². The van der Waals surface area contributed by atoms with E-state index < -0.39 is 18.8 Å². The van der Waals surface area contributed by atoms with Crippen molar-refractivity contribution in [2.75, 3.05) is 6.16 Å². The zero-order valence-electron chi connectivity index (χ0n) is 21.8. The molecule has 0 aliphatic rings. The van der Waals surface area contributed by atoms with Gasteiger partial charge in [-0.15, -0.1) is 0 Å². The number of benzene rings is 3. The predicted molar refractivity (Wildman–Crippen MR) is 153 cm³/mol. The van der Waals surface area contributed by atoms with Crippen molar-refractivity contribution in [2.45, 2.75) is 50.5 Å². The highest BCUT2D eigenvalue weighted by Gasteiger charge is 2.26. The zero-order chi connectivity index (χ0) is 27.4. The lowest BCUT2D eigenvalue weighted by Crippen LogP contribution is -2.33. The van der Waals surface area contributed by atoms with E-state index in [9.17, 15) is 14.2 Å². The summed E-state index contributed by atoms with van der Waals surface area (Å²) in [5.41, 5.74) is 1.12. The summed E-state index contributed by atoms with van der Waals surface area (Å²) >= 11 is 1.31. The molecule has 0 saturated carbocycles. The van der Waals surface area contributed by atoms with Gasteiger partial charge in [0, 0.05) is 17.0 Å². The minimum atomic E-state index is -3.63. The minimum Gasteiger partial charge on any atom is -0.304 e. The van der Waals surface area contributed by atoms with Crippen LogP contribution in [-0.2, 0) is 33.4 Å². The summed E-state index contributed by atoms with van der Waals surface area (Å²) in [7, 11) is -3.63. The molecule has 7 nitrogen and oxygen atoms in total.